The second-order valence-corrected chi connectivity index (χ2v) is 3.56. The number of nitrogens with zero attached hydrogens (tertiary/aromatic N) is 1. The number of phenols is 1. The van der Waals surface area contributed by atoms with Gasteiger partial charge in [0.25, 0.3) is 5.69 Å². The summed E-state index contributed by atoms with van der Waals surface area (Å²) >= 11 is 0. The minimum Gasteiger partial charge on any atom is -0.507 e. The first-order chi connectivity index (χ1) is 8.08. The molecule has 1 N–H and O–H groups in total. The first-order valence-corrected chi connectivity index (χ1v) is 4.93. The maximum absolute atomic E-state index is 11.2. The number of hydrogen-bond acceptors (Lipinski definition) is 5. The van der Waals surface area contributed by atoms with Gasteiger partial charge in [-0.1, -0.05) is 0 Å². The van der Waals surface area contributed by atoms with Crippen LogP contribution in [0.4, 0.5) is 5.69 Å². The van der Waals surface area contributed by atoms with Crippen LogP contribution in [-0.2, 0) is 9.53 Å². The molecule has 1 aromatic rings. The van der Waals surface area contributed by atoms with Crippen LogP contribution in [0, 0.1) is 10.1 Å². The molecule has 2 rings (SSSR count). The van der Waals surface area contributed by atoms with Crippen LogP contribution in [0.2, 0.25) is 0 Å². The van der Waals surface area contributed by atoms with Crippen molar-refractivity contribution < 1.29 is 19.6 Å². The number of ether oxygens (including phenoxy) is 1. The third kappa shape index (κ3) is 2.25. The third-order valence-corrected chi connectivity index (χ3v) is 2.42. The summed E-state index contributed by atoms with van der Waals surface area (Å²) < 4.78 is 4.73. The van der Waals surface area contributed by atoms with Crippen molar-refractivity contribution in [1.29, 1.82) is 0 Å². The highest BCUT2D eigenvalue weighted by atomic mass is 16.6. The molecule has 0 spiro atoms. The predicted molar refractivity (Wildman–Crippen MR) is 58.3 cm³/mol. The Balaban J connectivity index is 2.41. The van der Waals surface area contributed by atoms with E-state index in [0.29, 0.717) is 18.6 Å². The molecule has 0 bridgehead atoms. The molecule has 6 nitrogen and oxygen atoms in total. The fourth-order valence-electron chi connectivity index (χ4n) is 1.54. The average molecular weight is 235 g/mol. The molecule has 0 radical (unpaired) electrons. The first kappa shape index (κ1) is 11.1. The van der Waals surface area contributed by atoms with Crippen molar-refractivity contribution in [2.45, 2.75) is 6.42 Å². The van der Waals surface area contributed by atoms with E-state index in [0.717, 1.165) is 0 Å². The molecule has 1 aliphatic rings. The van der Waals surface area contributed by atoms with Crippen LogP contribution in [0.1, 0.15) is 12.0 Å². The van der Waals surface area contributed by atoms with E-state index in [1.54, 1.807) is 0 Å². The second-order valence-electron chi connectivity index (χ2n) is 3.56. The number of cyclic esters (lactones) is 1. The molecule has 17 heavy (non-hydrogen) atoms. The van der Waals surface area contributed by atoms with E-state index < -0.39 is 10.9 Å². The van der Waals surface area contributed by atoms with Gasteiger partial charge in [-0.2, -0.15) is 0 Å². The molecule has 0 unspecified atom stereocenters. The average Bonchev–Trinajstić information content (AvgIpc) is 2.67. The Morgan fingerprint density at radius 3 is 2.82 bits per heavy atom. The van der Waals surface area contributed by atoms with Crippen molar-refractivity contribution in [3.63, 3.8) is 0 Å². The van der Waals surface area contributed by atoms with Gasteiger partial charge in [-0.15, -0.1) is 0 Å². The smallest absolute Gasteiger partial charge is 0.334 e. The number of benzene rings is 1. The molecule has 0 amide bonds. The number of nitro benzene ring substituents is 1. The van der Waals surface area contributed by atoms with Crippen LogP contribution >= 0.6 is 0 Å². The minimum atomic E-state index is -0.561. The summed E-state index contributed by atoms with van der Waals surface area (Å²) in [5.74, 6) is -0.557. The summed E-state index contributed by atoms with van der Waals surface area (Å²) in [6, 6.07) is 3.64. The van der Waals surface area contributed by atoms with Crippen LogP contribution in [0.15, 0.2) is 23.8 Å². The van der Waals surface area contributed by atoms with Gasteiger partial charge in [-0.05, 0) is 12.1 Å². The molecule has 0 aromatic heterocycles. The number of carbonyl (C=O) groups excluding carboxylic acids is 1. The van der Waals surface area contributed by atoms with Crippen LogP contribution in [-0.4, -0.2) is 22.6 Å². The second kappa shape index (κ2) is 4.25. The molecule has 88 valence electrons. The Labute approximate surface area is 96.3 Å². The quantitative estimate of drug-likeness (QED) is 0.364. The van der Waals surface area contributed by atoms with Crippen LogP contribution < -0.4 is 0 Å². The Morgan fingerprint density at radius 1 is 1.47 bits per heavy atom. The Kier molecular flexibility index (Phi) is 2.78. The SMILES string of the molecule is O=C1OCC/C1=C\c1cc([N+](=O)[O-])ccc1O. The lowest BCUT2D eigenvalue weighted by Gasteiger charge is -1.99. The fourth-order valence-corrected chi connectivity index (χ4v) is 1.54. The molecule has 0 aliphatic carbocycles. The van der Waals surface area contributed by atoms with E-state index in [2.05, 4.69) is 0 Å². The molecule has 0 atom stereocenters. The molecule has 1 aliphatic heterocycles. The standard InChI is InChI=1S/C11H9NO5/c13-10-2-1-9(12(15)16)6-8(10)5-7-3-4-17-11(7)14/h1-2,5-6,13H,3-4H2/b7-5+. The lowest BCUT2D eigenvalue weighted by atomic mass is 10.1. The zero-order valence-corrected chi connectivity index (χ0v) is 8.75. The largest absolute Gasteiger partial charge is 0.507 e. The van der Waals surface area contributed by atoms with Gasteiger partial charge in [0.2, 0.25) is 0 Å². The lowest BCUT2D eigenvalue weighted by molar-refractivity contribution is -0.384. The molecule has 1 fully saturated rings. The number of rotatable bonds is 2. The van der Waals surface area contributed by atoms with Gasteiger partial charge in [-0.3, -0.25) is 10.1 Å². The lowest BCUT2D eigenvalue weighted by Crippen LogP contribution is -1.95. The van der Waals surface area contributed by atoms with Crippen molar-refractivity contribution in [2.24, 2.45) is 0 Å². The van der Waals surface area contributed by atoms with Crippen molar-refractivity contribution in [1.82, 2.24) is 0 Å². The molecule has 1 saturated heterocycles. The maximum Gasteiger partial charge on any atom is 0.334 e. The molecule has 6 heteroatoms. The number of carbonyl (C=O) groups is 1. The van der Waals surface area contributed by atoms with Gasteiger partial charge < -0.3 is 9.84 Å². The number of hydrogen-bond donors (Lipinski definition) is 1. The zero-order valence-electron chi connectivity index (χ0n) is 8.75. The maximum atomic E-state index is 11.2. The van der Waals surface area contributed by atoms with Crippen molar-refractivity contribution in [2.75, 3.05) is 6.61 Å². The molecular formula is C11H9NO5. The van der Waals surface area contributed by atoms with Crippen molar-refractivity contribution in [3.05, 3.63) is 39.4 Å². The highest BCUT2D eigenvalue weighted by Crippen LogP contribution is 2.27. The summed E-state index contributed by atoms with van der Waals surface area (Å²) in [5, 5.41) is 20.1. The summed E-state index contributed by atoms with van der Waals surface area (Å²) in [7, 11) is 0. The van der Waals surface area contributed by atoms with E-state index >= 15 is 0 Å². The number of phenolic OH excluding ortho intramolecular Hbond substituents is 1. The summed E-state index contributed by atoms with van der Waals surface area (Å²) in [6.45, 7) is 0.306. The van der Waals surface area contributed by atoms with Gasteiger partial charge >= 0.3 is 5.97 Å². The highest BCUT2D eigenvalue weighted by Gasteiger charge is 2.19. The predicted octanol–water partition coefficient (Wildman–Crippen LogP) is 1.63. The van der Waals surface area contributed by atoms with Crippen molar-refractivity contribution in [3.8, 4) is 5.75 Å². The number of esters is 1. The molecule has 0 saturated carbocycles. The molecule has 1 aromatic carbocycles. The summed E-state index contributed by atoms with van der Waals surface area (Å²) in [6.07, 6.45) is 1.86. The van der Waals surface area contributed by atoms with Crippen LogP contribution in [0.5, 0.6) is 5.75 Å². The van der Waals surface area contributed by atoms with Gasteiger partial charge in [0.1, 0.15) is 5.75 Å². The van der Waals surface area contributed by atoms with E-state index in [-0.39, 0.29) is 17.0 Å². The van der Waals surface area contributed by atoms with E-state index in [4.69, 9.17) is 4.74 Å². The van der Waals surface area contributed by atoms with Crippen LogP contribution in [0.25, 0.3) is 6.08 Å². The van der Waals surface area contributed by atoms with Gasteiger partial charge in [0.05, 0.1) is 11.5 Å². The highest BCUT2D eigenvalue weighted by molar-refractivity contribution is 5.95. The Hall–Kier alpha value is -2.37. The van der Waals surface area contributed by atoms with Gasteiger partial charge in [0.15, 0.2) is 0 Å². The minimum absolute atomic E-state index is 0.109. The third-order valence-electron chi connectivity index (χ3n) is 2.42. The number of non-ortho nitro benzene ring substituents is 1. The Morgan fingerprint density at radius 2 is 2.24 bits per heavy atom. The van der Waals surface area contributed by atoms with Crippen molar-refractivity contribution >= 4 is 17.7 Å². The van der Waals surface area contributed by atoms with Gasteiger partial charge in [0, 0.05) is 29.7 Å². The van der Waals surface area contributed by atoms with E-state index in [1.165, 1.54) is 24.3 Å². The van der Waals surface area contributed by atoms with Gasteiger partial charge in [-0.25, -0.2) is 4.79 Å². The van der Waals surface area contributed by atoms with E-state index in [1.807, 2.05) is 0 Å². The molecular weight excluding hydrogens is 226 g/mol. The summed E-state index contributed by atoms with van der Waals surface area (Å²) in [5.41, 5.74) is 0.509. The normalized spacial score (nSPS) is 17.2. The van der Waals surface area contributed by atoms with Crippen LogP contribution in [0.3, 0.4) is 0 Å². The molecule has 1 heterocycles. The number of nitro groups is 1. The Bertz CT molecular complexity index is 521. The number of aromatic hydroxyl groups is 1. The first-order valence-electron chi connectivity index (χ1n) is 4.93. The zero-order chi connectivity index (χ0) is 12.4. The monoisotopic (exact) mass is 235 g/mol. The topological polar surface area (TPSA) is 89.7 Å². The summed E-state index contributed by atoms with van der Waals surface area (Å²) in [4.78, 5) is 21.2. The van der Waals surface area contributed by atoms with E-state index in [9.17, 15) is 20.0 Å². The fraction of sp³-hybridized carbons (Fsp3) is 0.182.